The van der Waals surface area contributed by atoms with Gasteiger partial charge in [-0.15, -0.1) is 0 Å². The van der Waals surface area contributed by atoms with Gasteiger partial charge in [-0.3, -0.25) is 4.90 Å². The van der Waals surface area contributed by atoms with Gasteiger partial charge in [-0.2, -0.15) is 0 Å². The Morgan fingerprint density at radius 1 is 1.06 bits per heavy atom. The number of sulfone groups is 1. The lowest BCUT2D eigenvalue weighted by molar-refractivity contribution is 0.0522. The Labute approximate surface area is 195 Å². The molecule has 0 aromatic heterocycles. The molecule has 3 rings (SSSR count). The number of nitrogens with zero attached hydrogens (tertiary/aromatic N) is 1. The van der Waals surface area contributed by atoms with Crippen LogP contribution in [-0.4, -0.2) is 76.6 Å². The molecule has 1 aliphatic rings. The summed E-state index contributed by atoms with van der Waals surface area (Å²) < 4.78 is 46.4. The molecule has 1 aliphatic heterocycles. The first-order chi connectivity index (χ1) is 15.8. The lowest BCUT2D eigenvalue weighted by Crippen LogP contribution is -2.42. The van der Waals surface area contributed by atoms with E-state index in [4.69, 9.17) is 18.9 Å². The fourth-order valence-electron chi connectivity index (χ4n) is 4.10. The zero-order valence-electron chi connectivity index (χ0n) is 19.6. The van der Waals surface area contributed by atoms with Crippen LogP contribution in [0.1, 0.15) is 17.5 Å². The third-order valence-corrected chi connectivity index (χ3v) is 7.56. The van der Waals surface area contributed by atoms with Crippen molar-refractivity contribution in [3.05, 3.63) is 47.5 Å². The van der Waals surface area contributed by atoms with E-state index >= 15 is 0 Å². The predicted octanol–water partition coefficient (Wildman–Crippen LogP) is 2.45. The van der Waals surface area contributed by atoms with Crippen LogP contribution in [0.25, 0.3) is 0 Å². The standard InChI is InChI=1S/C24H33NO7S/c1-17-7-5-6-8-21(17)32-15-20(26)14-25(19-9-10-33(27,28)16-19)13-18-11-22(29-2)24(31-4)23(12-18)30-3/h5-8,11-12,19-20,26H,9-10,13-16H2,1-4H3. The molecule has 1 saturated heterocycles. The minimum atomic E-state index is -3.09. The number of aliphatic hydroxyl groups is 1. The molecule has 2 aromatic rings. The molecular formula is C24H33NO7S. The summed E-state index contributed by atoms with van der Waals surface area (Å²) in [5, 5.41) is 10.7. The number of hydrogen-bond acceptors (Lipinski definition) is 8. The highest BCUT2D eigenvalue weighted by Gasteiger charge is 2.33. The van der Waals surface area contributed by atoms with Crippen LogP contribution in [0.3, 0.4) is 0 Å². The van der Waals surface area contributed by atoms with E-state index in [0.717, 1.165) is 16.9 Å². The van der Waals surface area contributed by atoms with Crippen molar-refractivity contribution in [1.82, 2.24) is 4.90 Å². The number of ether oxygens (including phenoxy) is 4. The van der Waals surface area contributed by atoms with Crippen LogP contribution < -0.4 is 18.9 Å². The normalized spacial score (nSPS) is 18.2. The van der Waals surface area contributed by atoms with Crippen LogP contribution >= 0.6 is 0 Å². The van der Waals surface area contributed by atoms with Gasteiger partial charge in [-0.1, -0.05) is 18.2 Å². The smallest absolute Gasteiger partial charge is 0.203 e. The van der Waals surface area contributed by atoms with E-state index in [1.54, 1.807) is 21.3 Å². The first-order valence-electron chi connectivity index (χ1n) is 10.9. The average molecular weight is 480 g/mol. The fourth-order valence-corrected chi connectivity index (χ4v) is 5.86. The van der Waals surface area contributed by atoms with Gasteiger partial charge < -0.3 is 24.1 Å². The van der Waals surface area contributed by atoms with E-state index in [1.807, 2.05) is 48.2 Å². The maximum Gasteiger partial charge on any atom is 0.203 e. The molecule has 2 unspecified atom stereocenters. The quantitative estimate of drug-likeness (QED) is 0.525. The molecule has 8 nitrogen and oxygen atoms in total. The molecule has 2 aromatic carbocycles. The number of benzene rings is 2. The third kappa shape index (κ3) is 6.52. The summed E-state index contributed by atoms with van der Waals surface area (Å²) in [4.78, 5) is 2.00. The molecule has 0 bridgehead atoms. The van der Waals surface area contributed by atoms with E-state index < -0.39 is 15.9 Å². The monoisotopic (exact) mass is 479 g/mol. The Balaban J connectivity index is 1.78. The van der Waals surface area contributed by atoms with Crippen molar-refractivity contribution in [2.24, 2.45) is 0 Å². The number of hydrogen-bond donors (Lipinski definition) is 1. The second-order valence-corrected chi connectivity index (χ2v) is 10.5. The van der Waals surface area contributed by atoms with Crippen LogP contribution in [0.5, 0.6) is 23.0 Å². The number of rotatable bonds is 11. The molecule has 182 valence electrons. The van der Waals surface area contributed by atoms with Crippen molar-refractivity contribution >= 4 is 9.84 Å². The van der Waals surface area contributed by atoms with E-state index in [-0.39, 0.29) is 30.7 Å². The molecule has 0 amide bonds. The maximum absolute atomic E-state index is 12.1. The van der Waals surface area contributed by atoms with Crippen LogP contribution in [0.4, 0.5) is 0 Å². The summed E-state index contributed by atoms with van der Waals surface area (Å²) in [7, 11) is 1.55. The Morgan fingerprint density at radius 2 is 1.73 bits per heavy atom. The summed E-state index contributed by atoms with van der Waals surface area (Å²) in [5.41, 5.74) is 1.85. The zero-order valence-corrected chi connectivity index (χ0v) is 20.4. The largest absolute Gasteiger partial charge is 0.493 e. The molecule has 1 heterocycles. The Bertz CT molecular complexity index is 1020. The van der Waals surface area contributed by atoms with E-state index in [9.17, 15) is 13.5 Å². The minimum Gasteiger partial charge on any atom is -0.493 e. The highest BCUT2D eigenvalue weighted by molar-refractivity contribution is 7.91. The van der Waals surface area contributed by atoms with Crippen LogP contribution in [0.2, 0.25) is 0 Å². The van der Waals surface area contributed by atoms with Crippen LogP contribution in [0, 0.1) is 6.92 Å². The molecule has 9 heteroatoms. The van der Waals surface area contributed by atoms with Gasteiger partial charge in [0.15, 0.2) is 21.3 Å². The first-order valence-corrected chi connectivity index (χ1v) is 12.7. The summed E-state index contributed by atoms with van der Waals surface area (Å²) >= 11 is 0. The lowest BCUT2D eigenvalue weighted by atomic mass is 10.1. The van der Waals surface area contributed by atoms with Gasteiger partial charge in [0.2, 0.25) is 5.75 Å². The molecule has 0 aliphatic carbocycles. The summed E-state index contributed by atoms with van der Waals surface area (Å²) in [6.45, 7) is 2.74. The number of aliphatic hydroxyl groups excluding tert-OH is 1. The molecule has 0 saturated carbocycles. The van der Waals surface area contributed by atoms with Crippen molar-refractivity contribution in [2.45, 2.75) is 32.0 Å². The van der Waals surface area contributed by atoms with Gasteiger partial charge in [0.05, 0.1) is 32.8 Å². The van der Waals surface area contributed by atoms with Gasteiger partial charge in [-0.05, 0) is 42.7 Å². The lowest BCUT2D eigenvalue weighted by Gasteiger charge is -2.30. The molecular weight excluding hydrogens is 446 g/mol. The Kier molecular flexibility index (Phi) is 8.45. The summed E-state index contributed by atoms with van der Waals surface area (Å²) in [6.07, 6.45) is -0.270. The molecule has 2 atom stereocenters. The fraction of sp³-hybridized carbons (Fsp3) is 0.500. The second-order valence-electron chi connectivity index (χ2n) is 8.25. The highest BCUT2D eigenvalue weighted by atomic mass is 32.2. The Hall–Kier alpha value is -2.49. The topological polar surface area (TPSA) is 94.5 Å². The van der Waals surface area contributed by atoms with Gasteiger partial charge in [0.1, 0.15) is 18.5 Å². The molecule has 0 spiro atoms. The zero-order chi connectivity index (χ0) is 24.0. The number of para-hydroxylation sites is 1. The van der Waals surface area contributed by atoms with Gasteiger partial charge in [0.25, 0.3) is 0 Å². The summed E-state index contributed by atoms with van der Waals surface area (Å²) in [6, 6.07) is 11.1. The Morgan fingerprint density at radius 3 is 2.27 bits per heavy atom. The second kappa shape index (κ2) is 11.1. The van der Waals surface area contributed by atoms with Gasteiger partial charge in [0, 0.05) is 19.1 Å². The van der Waals surface area contributed by atoms with Crippen molar-refractivity contribution in [2.75, 3.05) is 46.0 Å². The van der Waals surface area contributed by atoms with Crippen molar-refractivity contribution in [1.29, 1.82) is 0 Å². The third-order valence-electron chi connectivity index (χ3n) is 5.81. The highest BCUT2D eigenvalue weighted by Crippen LogP contribution is 2.38. The van der Waals surface area contributed by atoms with E-state index in [2.05, 4.69) is 0 Å². The predicted molar refractivity (Wildman–Crippen MR) is 126 cm³/mol. The average Bonchev–Trinajstić information content (AvgIpc) is 3.16. The minimum absolute atomic E-state index is 0.0722. The van der Waals surface area contributed by atoms with Crippen molar-refractivity contribution in [3.8, 4) is 23.0 Å². The van der Waals surface area contributed by atoms with Crippen molar-refractivity contribution in [3.63, 3.8) is 0 Å². The first kappa shape index (κ1) is 25.1. The van der Waals surface area contributed by atoms with Gasteiger partial charge in [-0.25, -0.2) is 8.42 Å². The van der Waals surface area contributed by atoms with Gasteiger partial charge >= 0.3 is 0 Å². The molecule has 0 radical (unpaired) electrons. The summed E-state index contributed by atoms with van der Waals surface area (Å²) in [5.74, 6) is 2.48. The maximum atomic E-state index is 12.1. The van der Waals surface area contributed by atoms with Crippen LogP contribution in [-0.2, 0) is 16.4 Å². The van der Waals surface area contributed by atoms with Crippen molar-refractivity contribution < 1.29 is 32.5 Å². The molecule has 1 fully saturated rings. The van der Waals surface area contributed by atoms with E-state index in [1.165, 1.54) is 0 Å². The SMILES string of the molecule is COc1cc(CN(CC(O)COc2ccccc2C)C2CCS(=O)(=O)C2)cc(OC)c1OC. The molecule has 33 heavy (non-hydrogen) atoms. The number of aryl methyl sites for hydroxylation is 1. The van der Waals surface area contributed by atoms with E-state index in [0.29, 0.717) is 30.2 Å². The molecule has 1 N–H and O–H groups in total. The van der Waals surface area contributed by atoms with Crippen LogP contribution in [0.15, 0.2) is 36.4 Å². The number of methoxy groups -OCH3 is 3.